The monoisotopic (exact) mass is 228 g/mol. The average molecular weight is 228 g/mol. The molecule has 2 unspecified atom stereocenters. The molecule has 0 amide bonds. The number of morpholine rings is 1. The molecular formula is C12H24N2O2. The summed E-state index contributed by atoms with van der Waals surface area (Å²) in [6.45, 7) is 9.27. The molecule has 4 heteroatoms. The van der Waals surface area contributed by atoms with Crippen LogP contribution in [0.2, 0.25) is 0 Å². The van der Waals surface area contributed by atoms with Crippen molar-refractivity contribution in [3.63, 3.8) is 0 Å². The van der Waals surface area contributed by atoms with Gasteiger partial charge in [-0.05, 0) is 26.3 Å². The molecule has 0 aromatic heterocycles. The van der Waals surface area contributed by atoms with Crippen LogP contribution in [0.5, 0.6) is 0 Å². The Balaban J connectivity index is 1.57. The highest BCUT2D eigenvalue weighted by molar-refractivity contribution is 4.76. The summed E-state index contributed by atoms with van der Waals surface area (Å²) in [6, 6.07) is 1.18. The van der Waals surface area contributed by atoms with Gasteiger partial charge in [0, 0.05) is 31.8 Å². The summed E-state index contributed by atoms with van der Waals surface area (Å²) in [5, 5.41) is 3.64. The summed E-state index contributed by atoms with van der Waals surface area (Å²) < 4.78 is 10.7. The lowest BCUT2D eigenvalue weighted by molar-refractivity contribution is 0.0362. The Labute approximate surface area is 98.3 Å². The van der Waals surface area contributed by atoms with Crippen LogP contribution in [0.15, 0.2) is 0 Å². The zero-order chi connectivity index (χ0) is 11.2. The number of ether oxygens (including phenoxy) is 2. The van der Waals surface area contributed by atoms with Crippen LogP contribution in [0.4, 0.5) is 0 Å². The fourth-order valence-corrected chi connectivity index (χ4v) is 2.35. The molecule has 0 spiro atoms. The van der Waals surface area contributed by atoms with Gasteiger partial charge in [0.2, 0.25) is 0 Å². The minimum absolute atomic E-state index is 0.583. The molecule has 2 saturated heterocycles. The number of hydrogen-bond acceptors (Lipinski definition) is 4. The minimum atomic E-state index is 0.583. The lowest BCUT2D eigenvalue weighted by Crippen LogP contribution is -2.41. The molecule has 0 aromatic rings. The quantitative estimate of drug-likeness (QED) is 0.742. The number of nitrogens with one attached hydrogen (secondary N) is 1. The fraction of sp³-hybridized carbons (Fsp3) is 1.00. The number of hydrogen-bond donors (Lipinski definition) is 1. The lowest BCUT2D eigenvalue weighted by atomic mass is 10.1. The molecule has 0 saturated carbocycles. The van der Waals surface area contributed by atoms with Gasteiger partial charge in [0.15, 0.2) is 0 Å². The lowest BCUT2D eigenvalue weighted by Gasteiger charge is -2.28. The highest BCUT2D eigenvalue weighted by atomic mass is 16.5. The van der Waals surface area contributed by atoms with Crippen molar-refractivity contribution < 1.29 is 9.47 Å². The van der Waals surface area contributed by atoms with Crippen LogP contribution >= 0.6 is 0 Å². The van der Waals surface area contributed by atoms with Crippen molar-refractivity contribution in [3.8, 4) is 0 Å². The number of rotatable bonds is 5. The largest absolute Gasteiger partial charge is 0.380 e. The molecule has 0 radical (unpaired) electrons. The molecule has 94 valence electrons. The molecule has 0 aliphatic carbocycles. The van der Waals surface area contributed by atoms with Gasteiger partial charge in [-0.15, -0.1) is 0 Å². The van der Waals surface area contributed by atoms with Crippen molar-refractivity contribution >= 4 is 0 Å². The van der Waals surface area contributed by atoms with Crippen molar-refractivity contribution in [2.75, 3.05) is 46.1 Å². The van der Waals surface area contributed by atoms with E-state index in [0.29, 0.717) is 12.1 Å². The maximum absolute atomic E-state index is 5.36. The summed E-state index contributed by atoms with van der Waals surface area (Å²) in [4.78, 5) is 2.49. The molecule has 2 fully saturated rings. The van der Waals surface area contributed by atoms with Gasteiger partial charge in [-0.1, -0.05) is 0 Å². The van der Waals surface area contributed by atoms with Gasteiger partial charge in [-0.25, -0.2) is 0 Å². The second kappa shape index (κ2) is 6.55. The van der Waals surface area contributed by atoms with E-state index in [-0.39, 0.29) is 0 Å². The van der Waals surface area contributed by atoms with E-state index in [1.807, 2.05) is 0 Å². The Kier molecular flexibility index (Phi) is 5.03. The Bertz CT molecular complexity index is 189. The first kappa shape index (κ1) is 12.3. The second-order valence-electron chi connectivity index (χ2n) is 4.87. The molecule has 2 atom stereocenters. The van der Waals surface area contributed by atoms with Crippen LogP contribution in [0.25, 0.3) is 0 Å². The molecule has 1 N–H and O–H groups in total. The fourth-order valence-electron chi connectivity index (χ4n) is 2.35. The SMILES string of the molecule is CC(CCN1CCOCC1)NC1CCOC1. The van der Waals surface area contributed by atoms with E-state index in [1.54, 1.807) is 0 Å². The van der Waals surface area contributed by atoms with Crippen molar-refractivity contribution in [2.24, 2.45) is 0 Å². The van der Waals surface area contributed by atoms with E-state index in [4.69, 9.17) is 9.47 Å². The topological polar surface area (TPSA) is 33.7 Å². The average Bonchev–Trinajstić information content (AvgIpc) is 2.81. The first-order valence-corrected chi connectivity index (χ1v) is 6.48. The second-order valence-corrected chi connectivity index (χ2v) is 4.87. The van der Waals surface area contributed by atoms with Gasteiger partial charge >= 0.3 is 0 Å². The summed E-state index contributed by atoms with van der Waals surface area (Å²) >= 11 is 0. The van der Waals surface area contributed by atoms with Crippen LogP contribution in [0.1, 0.15) is 19.8 Å². The Hall–Kier alpha value is -0.160. The van der Waals surface area contributed by atoms with Crippen LogP contribution in [-0.2, 0) is 9.47 Å². The van der Waals surface area contributed by atoms with Crippen molar-refractivity contribution in [1.29, 1.82) is 0 Å². The summed E-state index contributed by atoms with van der Waals surface area (Å²) in [7, 11) is 0. The van der Waals surface area contributed by atoms with Gasteiger partial charge in [-0.3, -0.25) is 4.90 Å². The molecule has 2 aliphatic heterocycles. The maximum atomic E-state index is 5.36. The standard InChI is InChI=1S/C12H24N2O2/c1-11(13-12-3-7-16-10-12)2-4-14-5-8-15-9-6-14/h11-13H,2-10H2,1H3. The molecule has 16 heavy (non-hydrogen) atoms. The number of nitrogens with zero attached hydrogens (tertiary/aromatic N) is 1. The van der Waals surface area contributed by atoms with E-state index in [2.05, 4.69) is 17.1 Å². The van der Waals surface area contributed by atoms with E-state index < -0.39 is 0 Å². The van der Waals surface area contributed by atoms with Gasteiger partial charge in [0.25, 0.3) is 0 Å². The Morgan fingerprint density at radius 1 is 1.25 bits per heavy atom. The molecule has 2 heterocycles. The third kappa shape index (κ3) is 4.01. The van der Waals surface area contributed by atoms with Crippen molar-refractivity contribution in [1.82, 2.24) is 10.2 Å². The third-order valence-corrected chi connectivity index (χ3v) is 3.43. The summed E-state index contributed by atoms with van der Waals surface area (Å²) in [5.41, 5.74) is 0. The van der Waals surface area contributed by atoms with E-state index in [0.717, 1.165) is 39.5 Å². The highest BCUT2D eigenvalue weighted by Crippen LogP contribution is 2.06. The smallest absolute Gasteiger partial charge is 0.0620 e. The van der Waals surface area contributed by atoms with Gasteiger partial charge in [0.1, 0.15) is 0 Å². The normalized spacial score (nSPS) is 29.4. The summed E-state index contributed by atoms with van der Waals surface area (Å²) in [6.07, 6.45) is 2.39. The molecule has 4 nitrogen and oxygen atoms in total. The maximum Gasteiger partial charge on any atom is 0.0620 e. The zero-order valence-corrected chi connectivity index (χ0v) is 10.3. The van der Waals surface area contributed by atoms with Crippen LogP contribution in [0, 0.1) is 0 Å². The van der Waals surface area contributed by atoms with Crippen molar-refractivity contribution in [2.45, 2.75) is 31.8 Å². The van der Waals surface area contributed by atoms with Gasteiger partial charge in [-0.2, -0.15) is 0 Å². The van der Waals surface area contributed by atoms with E-state index >= 15 is 0 Å². The van der Waals surface area contributed by atoms with Crippen LogP contribution < -0.4 is 5.32 Å². The Morgan fingerprint density at radius 3 is 2.75 bits per heavy atom. The van der Waals surface area contributed by atoms with Crippen LogP contribution in [-0.4, -0.2) is 63.0 Å². The molecular weight excluding hydrogens is 204 g/mol. The highest BCUT2D eigenvalue weighted by Gasteiger charge is 2.18. The van der Waals surface area contributed by atoms with E-state index in [1.165, 1.54) is 19.4 Å². The van der Waals surface area contributed by atoms with Crippen LogP contribution in [0.3, 0.4) is 0 Å². The molecule has 2 rings (SSSR count). The third-order valence-electron chi connectivity index (χ3n) is 3.43. The molecule has 2 aliphatic rings. The predicted molar refractivity (Wildman–Crippen MR) is 63.7 cm³/mol. The zero-order valence-electron chi connectivity index (χ0n) is 10.3. The van der Waals surface area contributed by atoms with E-state index in [9.17, 15) is 0 Å². The van der Waals surface area contributed by atoms with Gasteiger partial charge < -0.3 is 14.8 Å². The summed E-state index contributed by atoms with van der Waals surface area (Å²) in [5.74, 6) is 0. The molecule has 0 aromatic carbocycles. The van der Waals surface area contributed by atoms with Crippen molar-refractivity contribution in [3.05, 3.63) is 0 Å². The Morgan fingerprint density at radius 2 is 2.06 bits per heavy atom. The minimum Gasteiger partial charge on any atom is -0.380 e. The van der Waals surface area contributed by atoms with Gasteiger partial charge in [0.05, 0.1) is 19.8 Å². The predicted octanol–water partition coefficient (Wildman–Crippen LogP) is 0.476. The molecule has 0 bridgehead atoms. The first-order chi connectivity index (χ1) is 7.84. The first-order valence-electron chi connectivity index (χ1n) is 6.48.